The number of pyridine rings is 1. The number of hydrogen-bond donors (Lipinski definition) is 0. The van der Waals surface area contributed by atoms with Gasteiger partial charge in [0.2, 0.25) is 0 Å². The number of para-hydroxylation sites is 1. The normalized spacial score (nSPS) is 17.9. The Balaban J connectivity index is 1.50. The SMILES string of the molecule is c1cncc(Oc2ccccc2CN2CCCCC2Cn2cncn2)c1. The number of hydrogen-bond acceptors (Lipinski definition) is 5. The topological polar surface area (TPSA) is 56.1 Å². The van der Waals surface area contributed by atoms with Gasteiger partial charge in [-0.1, -0.05) is 24.6 Å². The van der Waals surface area contributed by atoms with Crippen molar-refractivity contribution in [1.82, 2.24) is 24.6 Å². The minimum Gasteiger partial charge on any atom is -0.455 e. The van der Waals surface area contributed by atoms with E-state index in [1.165, 1.54) is 24.8 Å². The monoisotopic (exact) mass is 349 g/mol. The van der Waals surface area contributed by atoms with Crippen LogP contribution in [0.15, 0.2) is 61.4 Å². The van der Waals surface area contributed by atoms with E-state index in [1.807, 2.05) is 28.9 Å². The van der Waals surface area contributed by atoms with Crippen LogP contribution in [0.2, 0.25) is 0 Å². The molecule has 0 spiro atoms. The molecular weight excluding hydrogens is 326 g/mol. The molecule has 1 saturated heterocycles. The summed E-state index contributed by atoms with van der Waals surface area (Å²) in [5, 5.41) is 4.27. The molecule has 2 aromatic heterocycles. The zero-order valence-corrected chi connectivity index (χ0v) is 14.7. The molecule has 1 unspecified atom stereocenters. The Hall–Kier alpha value is -2.73. The van der Waals surface area contributed by atoms with Crippen LogP contribution in [0.4, 0.5) is 0 Å². The average Bonchev–Trinajstić information content (AvgIpc) is 3.19. The first kappa shape index (κ1) is 16.7. The Morgan fingerprint density at radius 2 is 2.04 bits per heavy atom. The van der Waals surface area contributed by atoms with E-state index < -0.39 is 0 Å². The summed E-state index contributed by atoms with van der Waals surface area (Å²) < 4.78 is 8.01. The van der Waals surface area contributed by atoms with Crippen LogP contribution in [0, 0.1) is 0 Å². The summed E-state index contributed by atoms with van der Waals surface area (Å²) in [6.07, 6.45) is 10.6. The number of likely N-dealkylation sites (tertiary alicyclic amines) is 1. The number of piperidine rings is 1. The lowest BCUT2D eigenvalue weighted by Crippen LogP contribution is -2.41. The first-order valence-electron chi connectivity index (χ1n) is 9.11. The first-order valence-corrected chi connectivity index (χ1v) is 9.11. The maximum atomic E-state index is 6.08. The van der Waals surface area contributed by atoms with E-state index in [4.69, 9.17) is 4.74 Å². The lowest BCUT2D eigenvalue weighted by atomic mass is 10.0. The molecule has 6 nitrogen and oxygen atoms in total. The molecule has 6 heteroatoms. The van der Waals surface area contributed by atoms with Crippen molar-refractivity contribution in [3.05, 3.63) is 67.0 Å². The molecule has 1 aliphatic rings. The third-order valence-electron chi connectivity index (χ3n) is 4.82. The molecule has 0 aliphatic carbocycles. The summed E-state index contributed by atoms with van der Waals surface area (Å²) in [4.78, 5) is 10.7. The van der Waals surface area contributed by atoms with E-state index in [9.17, 15) is 0 Å². The molecule has 4 rings (SSSR count). The van der Waals surface area contributed by atoms with E-state index in [0.29, 0.717) is 6.04 Å². The molecule has 0 bridgehead atoms. The third-order valence-corrected chi connectivity index (χ3v) is 4.82. The van der Waals surface area contributed by atoms with E-state index in [-0.39, 0.29) is 0 Å². The van der Waals surface area contributed by atoms with Gasteiger partial charge in [-0.25, -0.2) is 4.98 Å². The van der Waals surface area contributed by atoms with Crippen molar-refractivity contribution in [1.29, 1.82) is 0 Å². The minimum absolute atomic E-state index is 0.469. The molecule has 134 valence electrons. The standard InChI is InChI=1S/C20H23N5O/c1-2-9-20(26-19-8-5-10-21-12-19)17(6-1)13-24-11-4-3-7-18(24)14-25-16-22-15-23-25/h1-2,5-6,8-10,12,15-16,18H,3-4,7,11,13-14H2. The Bertz CT molecular complexity index is 806. The molecule has 0 saturated carbocycles. The Kier molecular flexibility index (Phi) is 5.21. The Morgan fingerprint density at radius 1 is 1.08 bits per heavy atom. The fourth-order valence-corrected chi connectivity index (χ4v) is 3.51. The summed E-state index contributed by atoms with van der Waals surface area (Å²) in [5.74, 6) is 1.66. The van der Waals surface area contributed by atoms with Gasteiger partial charge >= 0.3 is 0 Å². The van der Waals surface area contributed by atoms with Crippen molar-refractivity contribution in [2.45, 2.75) is 38.4 Å². The maximum absolute atomic E-state index is 6.08. The van der Waals surface area contributed by atoms with Crippen molar-refractivity contribution < 1.29 is 4.74 Å². The number of rotatable bonds is 6. The van der Waals surface area contributed by atoms with Crippen LogP contribution in [-0.4, -0.2) is 37.2 Å². The fraction of sp³-hybridized carbons (Fsp3) is 0.350. The number of aromatic nitrogens is 4. The first-order chi connectivity index (χ1) is 12.9. The molecule has 0 radical (unpaired) electrons. The van der Waals surface area contributed by atoms with Gasteiger partial charge < -0.3 is 4.74 Å². The smallest absolute Gasteiger partial charge is 0.145 e. The number of nitrogens with zero attached hydrogens (tertiary/aromatic N) is 5. The van der Waals surface area contributed by atoms with Crippen LogP contribution < -0.4 is 4.74 Å². The van der Waals surface area contributed by atoms with Gasteiger partial charge in [0.15, 0.2) is 0 Å². The van der Waals surface area contributed by atoms with Crippen LogP contribution in [0.1, 0.15) is 24.8 Å². The van der Waals surface area contributed by atoms with Crippen LogP contribution in [0.3, 0.4) is 0 Å². The largest absolute Gasteiger partial charge is 0.455 e. The molecule has 3 aromatic rings. The zero-order valence-electron chi connectivity index (χ0n) is 14.7. The highest BCUT2D eigenvalue weighted by atomic mass is 16.5. The third kappa shape index (κ3) is 4.08. The van der Waals surface area contributed by atoms with Crippen LogP contribution in [-0.2, 0) is 13.1 Å². The zero-order chi connectivity index (χ0) is 17.6. The van der Waals surface area contributed by atoms with Gasteiger partial charge in [0.05, 0.1) is 12.7 Å². The highest BCUT2D eigenvalue weighted by molar-refractivity contribution is 5.37. The highest BCUT2D eigenvalue weighted by Crippen LogP contribution is 2.28. The van der Waals surface area contributed by atoms with Gasteiger partial charge in [0, 0.05) is 24.3 Å². The second-order valence-corrected chi connectivity index (χ2v) is 6.64. The molecule has 26 heavy (non-hydrogen) atoms. The molecule has 3 heterocycles. The molecule has 1 aliphatic heterocycles. The molecule has 0 N–H and O–H groups in total. The van der Waals surface area contributed by atoms with E-state index in [2.05, 4.69) is 32.1 Å². The van der Waals surface area contributed by atoms with Crippen LogP contribution >= 0.6 is 0 Å². The average molecular weight is 349 g/mol. The predicted molar refractivity (Wildman–Crippen MR) is 98.8 cm³/mol. The van der Waals surface area contributed by atoms with Gasteiger partial charge in [-0.3, -0.25) is 14.6 Å². The van der Waals surface area contributed by atoms with Crippen molar-refractivity contribution in [2.75, 3.05) is 6.54 Å². The fourth-order valence-electron chi connectivity index (χ4n) is 3.51. The second kappa shape index (κ2) is 8.10. The summed E-state index contributed by atoms with van der Waals surface area (Å²) in [7, 11) is 0. The van der Waals surface area contributed by atoms with Crippen molar-refractivity contribution in [3.63, 3.8) is 0 Å². The molecule has 1 aromatic carbocycles. The van der Waals surface area contributed by atoms with Gasteiger partial charge in [0.1, 0.15) is 24.2 Å². The molecule has 0 amide bonds. The second-order valence-electron chi connectivity index (χ2n) is 6.64. The Morgan fingerprint density at radius 3 is 2.88 bits per heavy atom. The lowest BCUT2D eigenvalue weighted by molar-refractivity contribution is 0.121. The maximum Gasteiger partial charge on any atom is 0.145 e. The lowest BCUT2D eigenvalue weighted by Gasteiger charge is -2.35. The number of benzene rings is 1. The van der Waals surface area contributed by atoms with Gasteiger partial charge in [-0.2, -0.15) is 5.10 Å². The minimum atomic E-state index is 0.469. The molecule has 1 atom stereocenters. The van der Waals surface area contributed by atoms with E-state index >= 15 is 0 Å². The van der Waals surface area contributed by atoms with E-state index in [1.54, 1.807) is 25.0 Å². The van der Waals surface area contributed by atoms with Crippen molar-refractivity contribution >= 4 is 0 Å². The predicted octanol–water partition coefficient (Wildman–Crippen LogP) is 3.52. The molecule has 1 fully saturated rings. The summed E-state index contributed by atoms with van der Waals surface area (Å²) in [6, 6.07) is 12.5. The number of ether oxygens (including phenoxy) is 1. The van der Waals surface area contributed by atoms with Gasteiger partial charge in [0.25, 0.3) is 0 Å². The van der Waals surface area contributed by atoms with E-state index in [0.717, 1.165) is 31.1 Å². The summed E-state index contributed by atoms with van der Waals surface area (Å²) >= 11 is 0. The van der Waals surface area contributed by atoms with Gasteiger partial charge in [-0.05, 0) is 37.6 Å². The van der Waals surface area contributed by atoms with Crippen LogP contribution in [0.25, 0.3) is 0 Å². The van der Waals surface area contributed by atoms with Crippen molar-refractivity contribution in [3.8, 4) is 11.5 Å². The quantitative estimate of drug-likeness (QED) is 0.681. The molecular formula is C20H23N5O. The summed E-state index contributed by atoms with van der Waals surface area (Å²) in [6.45, 7) is 2.85. The summed E-state index contributed by atoms with van der Waals surface area (Å²) in [5.41, 5.74) is 1.20. The Labute approximate surface area is 153 Å². The van der Waals surface area contributed by atoms with Gasteiger partial charge in [-0.15, -0.1) is 0 Å². The highest BCUT2D eigenvalue weighted by Gasteiger charge is 2.24. The van der Waals surface area contributed by atoms with Crippen molar-refractivity contribution in [2.24, 2.45) is 0 Å². The van der Waals surface area contributed by atoms with Crippen LogP contribution in [0.5, 0.6) is 11.5 Å².